The van der Waals surface area contributed by atoms with Crippen LogP contribution in [0.1, 0.15) is 47.5 Å². The average Bonchev–Trinajstić information content (AvgIpc) is 2.53. The minimum Gasteiger partial charge on any atom is -0.444 e. The van der Waals surface area contributed by atoms with Gasteiger partial charge in [0, 0.05) is 29.9 Å². The second kappa shape index (κ2) is 10.1. The number of allylic oxidation sites excluding steroid dienone is 5. The first-order valence-electron chi connectivity index (χ1n) is 8.87. The van der Waals surface area contributed by atoms with Crippen molar-refractivity contribution >= 4 is 17.9 Å². The smallest absolute Gasteiger partial charge is 0.410 e. The fraction of sp³-hybridized carbons (Fsp3) is 0.650. The molecule has 0 spiro atoms. The molecule has 0 N–H and O–H groups in total. The molecule has 0 aromatic carbocycles. The van der Waals surface area contributed by atoms with Gasteiger partial charge < -0.3 is 14.4 Å². The van der Waals surface area contributed by atoms with Gasteiger partial charge in [0.05, 0.1) is 6.61 Å². The van der Waals surface area contributed by atoms with Crippen molar-refractivity contribution in [2.45, 2.75) is 57.8 Å². The zero-order valence-corrected chi connectivity index (χ0v) is 17.3. The molecule has 1 amide bonds. The SMILES string of the molecule is C\C=C/C=C\C(=C/C)SC1(COC)CCN(C(=O)OC(C)(C)C)CC1. The first-order valence-corrected chi connectivity index (χ1v) is 9.68. The number of hydrogen-bond acceptors (Lipinski definition) is 4. The molecule has 0 aliphatic carbocycles. The summed E-state index contributed by atoms with van der Waals surface area (Å²) in [5.41, 5.74) is -0.456. The van der Waals surface area contributed by atoms with Gasteiger partial charge in [-0.1, -0.05) is 24.3 Å². The highest BCUT2D eigenvalue weighted by Gasteiger charge is 2.38. The van der Waals surface area contributed by atoms with Crippen LogP contribution in [0.15, 0.2) is 35.3 Å². The molecule has 1 saturated heterocycles. The van der Waals surface area contributed by atoms with Crippen LogP contribution in [-0.2, 0) is 9.47 Å². The Labute approximate surface area is 157 Å². The number of rotatable bonds is 6. The van der Waals surface area contributed by atoms with E-state index in [1.807, 2.05) is 56.5 Å². The van der Waals surface area contributed by atoms with Crippen LogP contribution in [0, 0.1) is 0 Å². The number of nitrogens with zero attached hydrogens (tertiary/aromatic N) is 1. The van der Waals surface area contributed by atoms with Gasteiger partial charge in [-0.15, -0.1) is 11.8 Å². The molecule has 1 rings (SSSR count). The quantitative estimate of drug-likeness (QED) is 0.607. The number of methoxy groups -OCH3 is 1. The summed E-state index contributed by atoms with van der Waals surface area (Å²) in [6.07, 6.45) is 11.9. The number of ether oxygens (including phenoxy) is 2. The van der Waals surface area contributed by atoms with Gasteiger partial charge in [0.1, 0.15) is 5.60 Å². The molecule has 0 aromatic heterocycles. The van der Waals surface area contributed by atoms with E-state index in [9.17, 15) is 4.79 Å². The summed E-state index contributed by atoms with van der Waals surface area (Å²) < 4.78 is 11.0. The molecule has 142 valence electrons. The van der Waals surface area contributed by atoms with Crippen molar-refractivity contribution in [3.05, 3.63) is 35.3 Å². The predicted octanol–water partition coefficient (Wildman–Crippen LogP) is 5.17. The van der Waals surface area contributed by atoms with Gasteiger partial charge in [-0.25, -0.2) is 4.79 Å². The van der Waals surface area contributed by atoms with Crippen LogP contribution >= 0.6 is 11.8 Å². The lowest BCUT2D eigenvalue weighted by Gasteiger charge is -2.41. The lowest BCUT2D eigenvalue weighted by molar-refractivity contribution is 0.0169. The molecule has 0 saturated carbocycles. The van der Waals surface area contributed by atoms with Crippen LogP contribution in [0.3, 0.4) is 0 Å². The molecule has 1 aliphatic heterocycles. The summed E-state index contributed by atoms with van der Waals surface area (Å²) in [6, 6.07) is 0. The maximum absolute atomic E-state index is 12.3. The number of hydrogen-bond donors (Lipinski definition) is 0. The third kappa shape index (κ3) is 7.70. The van der Waals surface area contributed by atoms with Gasteiger partial charge in [0.2, 0.25) is 0 Å². The minimum atomic E-state index is -0.456. The summed E-state index contributed by atoms with van der Waals surface area (Å²) in [4.78, 5) is 15.3. The Kier molecular flexibility index (Phi) is 8.80. The van der Waals surface area contributed by atoms with Crippen LogP contribution in [0.2, 0.25) is 0 Å². The largest absolute Gasteiger partial charge is 0.444 e. The fourth-order valence-electron chi connectivity index (χ4n) is 2.66. The van der Waals surface area contributed by atoms with E-state index in [4.69, 9.17) is 9.47 Å². The van der Waals surface area contributed by atoms with Gasteiger partial charge in [-0.2, -0.15) is 0 Å². The summed E-state index contributed by atoms with van der Waals surface area (Å²) in [5.74, 6) is 0. The Morgan fingerprint density at radius 3 is 2.32 bits per heavy atom. The van der Waals surface area contributed by atoms with Crippen molar-refractivity contribution in [1.29, 1.82) is 0 Å². The Morgan fingerprint density at radius 2 is 1.84 bits per heavy atom. The minimum absolute atomic E-state index is 0.00459. The molecular weight excluding hydrogens is 334 g/mol. The van der Waals surface area contributed by atoms with Gasteiger partial charge in [0.15, 0.2) is 0 Å². The number of carbonyl (C=O) groups is 1. The van der Waals surface area contributed by atoms with Crippen molar-refractivity contribution < 1.29 is 14.3 Å². The zero-order valence-electron chi connectivity index (χ0n) is 16.5. The topological polar surface area (TPSA) is 38.8 Å². The lowest BCUT2D eigenvalue weighted by atomic mass is 9.97. The van der Waals surface area contributed by atoms with Crippen molar-refractivity contribution in [3.63, 3.8) is 0 Å². The molecule has 4 nitrogen and oxygen atoms in total. The van der Waals surface area contributed by atoms with E-state index in [1.165, 1.54) is 4.91 Å². The zero-order chi connectivity index (χ0) is 18.9. The molecule has 0 bridgehead atoms. The monoisotopic (exact) mass is 367 g/mol. The number of amides is 1. The number of carbonyl (C=O) groups excluding carboxylic acids is 1. The molecule has 1 aliphatic rings. The molecular formula is C20H33NO3S. The van der Waals surface area contributed by atoms with Crippen molar-refractivity contribution in [2.24, 2.45) is 0 Å². The predicted molar refractivity (Wildman–Crippen MR) is 107 cm³/mol. The van der Waals surface area contributed by atoms with Gasteiger partial charge >= 0.3 is 6.09 Å². The summed E-state index contributed by atoms with van der Waals surface area (Å²) in [7, 11) is 1.74. The number of piperidine rings is 1. The second-order valence-electron chi connectivity index (χ2n) is 7.26. The first-order chi connectivity index (χ1) is 11.7. The summed E-state index contributed by atoms with van der Waals surface area (Å²) >= 11 is 1.85. The van der Waals surface area contributed by atoms with E-state index in [-0.39, 0.29) is 10.8 Å². The Hall–Kier alpha value is -1.20. The van der Waals surface area contributed by atoms with E-state index < -0.39 is 5.60 Å². The third-order valence-corrected chi connectivity index (χ3v) is 5.48. The lowest BCUT2D eigenvalue weighted by Crippen LogP contribution is -2.48. The van der Waals surface area contributed by atoms with E-state index in [1.54, 1.807) is 7.11 Å². The molecule has 0 aromatic rings. The highest BCUT2D eigenvalue weighted by Crippen LogP contribution is 2.41. The molecule has 1 heterocycles. The van der Waals surface area contributed by atoms with Crippen LogP contribution in [0.4, 0.5) is 4.79 Å². The van der Waals surface area contributed by atoms with Gasteiger partial charge in [0.25, 0.3) is 0 Å². The van der Waals surface area contributed by atoms with Crippen molar-refractivity contribution in [3.8, 4) is 0 Å². The fourth-order valence-corrected chi connectivity index (χ4v) is 3.99. The van der Waals surface area contributed by atoms with Crippen LogP contribution < -0.4 is 0 Å². The van der Waals surface area contributed by atoms with E-state index >= 15 is 0 Å². The van der Waals surface area contributed by atoms with E-state index in [2.05, 4.69) is 25.2 Å². The molecule has 0 unspecified atom stereocenters. The van der Waals surface area contributed by atoms with Crippen LogP contribution in [0.5, 0.6) is 0 Å². The normalized spacial score (nSPS) is 19.0. The summed E-state index contributed by atoms with van der Waals surface area (Å²) in [5, 5.41) is 0. The second-order valence-corrected chi connectivity index (χ2v) is 8.80. The van der Waals surface area contributed by atoms with Gasteiger partial charge in [-0.3, -0.25) is 0 Å². The average molecular weight is 368 g/mol. The standard InChI is InChI=1S/C20H33NO3S/c1-7-9-10-11-17(8-2)25-20(16-23-6)12-14-21(15-13-20)18(22)24-19(3,4)5/h7-11H,12-16H2,1-6H3/b9-7-,11-10-,17-8+. The van der Waals surface area contributed by atoms with E-state index in [0.29, 0.717) is 19.7 Å². The molecule has 0 radical (unpaired) electrons. The van der Waals surface area contributed by atoms with Crippen molar-refractivity contribution in [1.82, 2.24) is 4.90 Å². The Bertz CT molecular complexity index is 510. The van der Waals surface area contributed by atoms with Crippen LogP contribution in [-0.4, -0.2) is 48.1 Å². The molecule has 25 heavy (non-hydrogen) atoms. The van der Waals surface area contributed by atoms with Gasteiger partial charge in [-0.05, 0) is 53.5 Å². The highest BCUT2D eigenvalue weighted by molar-refractivity contribution is 8.04. The Morgan fingerprint density at radius 1 is 1.20 bits per heavy atom. The number of likely N-dealkylation sites (tertiary alicyclic amines) is 1. The maximum atomic E-state index is 12.3. The van der Waals surface area contributed by atoms with Crippen LogP contribution in [0.25, 0.3) is 0 Å². The molecule has 5 heteroatoms. The number of thioether (sulfide) groups is 1. The first kappa shape index (κ1) is 21.8. The highest BCUT2D eigenvalue weighted by atomic mass is 32.2. The summed E-state index contributed by atoms with van der Waals surface area (Å²) in [6.45, 7) is 11.8. The van der Waals surface area contributed by atoms with Crippen molar-refractivity contribution in [2.75, 3.05) is 26.8 Å². The van der Waals surface area contributed by atoms with E-state index in [0.717, 1.165) is 12.8 Å². The third-order valence-electron chi connectivity index (χ3n) is 3.92. The molecule has 0 atom stereocenters. The Balaban J connectivity index is 2.74. The molecule has 1 fully saturated rings. The maximum Gasteiger partial charge on any atom is 0.410 e.